The Labute approximate surface area is 135 Å². The van der Waals surface area contributed by atoms with Gasteiger partial charge in [0.2, 0.25) is 0 Å². The maximum atomic E-state index is 5.26. The van der Waals surface area contributed by atoms with Gasteiger partial charge in [0.05, 0.1) is 7.11 Å². The molecule has 22 heavy (non-hydrogen) atoms. The summed E-state index contributed by atoms with van der Waals surface area (Å²) in [4.78, 5) is 0. The number of rotatable bonds is 2. The summed E-state index contributed by atoms with van der Waals surface area (Å²) in [5.41, 5.74) is 5.55. The maximum Gasteiger partial charge on any atom is 0.118 e. The molecule has 118 valence electrons. The van der Waals surface area contributed by atoms with Gasteiger partial charge in [-0.2, -0.15) is 0 Å². The van der Waals surface area contributed by atoms with Crippen LogP contribution in [0.25, 0.3) is 11.1 Å². The Morgan fingerprint density at radius 3 is 1.45 bits per heavy atom. The van der Waals surface area contributed by atoms with Crippen LogP contribution < -0.4 is 4.74 Å². The van der Waals surface area contributed by atoms with Crippen LogP contribution in [0.5, 0.6) is 5.75 Å². The van der Waals surface area contributed by atoms with E-state index in [1.165, 1.54) is 22.3 Å². The highest BCUT2D eigenvalue weighted by Crippen LogP contribution is 2.34. The van der Waals surface area contributed by atoms with E-state index in [4.69, 9.17) is 4.74 Å². The summed E-state index contributed by atoms with van der Waals surface area (Å²) in [6.45, 7) is 13.6. The van der Waals surface area contributed by atoms with Crippen LogP contribution in [0.4, 0.5) is 0 Å². The molecular formula is C21H28O. The SMILES string of the molecule is COc1ccc(-c2cc(C(C)(C)C)cc(C(C)(C)C)c2)cc1. The van der Waals surface area contributed by atoms with E-state index in [1.54, 1.807) is 7.11 Å². The molecule has 0 spiro atoms. The molecule has 0 aliphatic carbocycles. The Morgan fingerprint density at radius 2 is 1.09 bits per heavy atom. The van der Waals surface area contributed by atoms with Crippen molar-refractivity contribution in [2.24, 2.45) is 0 Å². The Hall–Kier alpha value is -1.76. The van der Waals surface area contributed by atoms with E-state index in [0.29, 0.717) is 0 Å². The molecule has 0 radical (unpaired) electrons. The summed E-state index contributed by atoms with van der Waals surface area (Å²) in [7, 11) is 1.70. The highest BCUT2D eigenvalue weighted by molar-refractivity contribution is 5.67. The molecule has 0 aromatic heterocycles. The summed E-state index contributed by atoms with van der Waals surface area (Å²) in [5.74, 6) is 0.895. The molecule has 0 saturated carbocycles. The van der Waals surface area contributed by atoms with Gasteiger partial charge in [-0.25, -0.2) is 0 Å². The minimum atomic E-state index is 0.141. The van der Waals surface area contributed by atoms with Crippen LogP contribution in [0.1, 0.15) is 52.7 Å². The lowest BCUT2D eigenvalue weighted by Gasteiger charge is -2.26. The Morgan fingerprint density at radius 1 is 0.636 bits per heavy atom. The highest BCUT2D eigenvalue weighted by atomic mass is 16.5. The van der Waals surface area contributed by atoms with E-state index in [9.17, 15) is 0 Å². The van der Waals surface area contributed by atoms with E-state index in [0.717, 1.165) is 5.75 Å². The van der Waals surface area contributed by atoms with Gasteiger partial charge in [0.1, 0.15) is 5.75 Å². The quantitative estimate of drug-likeness (QED) is 0.664. The molecule has 0 heterocycles. The smallest absolute Gasteiger partial charge is 0.118 e. The lowest BCUT2D eigenvalue weighted by Crippen LogP contribution is -2.16. The minimum absolute atomic E-state index is 0.141. The van der Waals surface area contributed by atoms with Gasteiger partial charge >= 0.3 is 0 Å². The third-order valence-corrected chi connectivity index (χ3v) is 4.09. The van der Waals surface area contributed by atoms with Crippen LogP contribution >= 0.6 is 0 Å². The van der Waals surface area contributed by atoms with Crippen molar-refractivity contribution in [2.45, 2.75) is 52.4 Å². The summed E-state index contributed by atoms with van der Waals surface area (Å²) in [6, 6.07) is 15.3. The van der Waals surface area contributed by atoms with Crippen molar-refractivity contribution in [3.05, 3.63) is 53.6 Å². The monoisotopic (exact) mass is 296 g/mol. The molecular weight excluding hydrogens is 268 g/mol. The van der Waals surface area contributed by atoms with Crippen molar-refractivity contribution in [3.63, 3.8) is 0 Å². The third kappa shape index (κ3) is 3.71. The molecule has 0 aliphatic rings. The van der Waals surface area contributed by atoms with Crippen molar-refractivity contribution in [2.75, 3.05) is 7.11 Å². The van der Waals surface area contributed by atoms with Crippen LogP contribution in [0.3, 0.4) is 0 Å². The first-order valence-corrected chi connectivity index (χ1v) is 7.92. The predicted octanol–water partition coefficient (Wildman–Crippen LogP) is 5.96. The number of hydrogen-bond donors (Lipinski definition) is 0. The molecule has 0 atom stereocenters. The van der Waals surface area contributed by atoms with Crippen LogP contribution in [0, 0.1) is 0 Å². The lowest BCUT2D eigenvalue weighted by molar-refractivity contribution is 0.415. The minimum Gasteiger partial charge on any atom is -0.497 e. The van der Waals surface area contributed by atoms with E-state index in [1.807, 2.05) is 12.1 Å². The molecule has 0 N–H and O–H groups in total. The van der Waals surface area contributed by atoms with Gasteiger partial charge in [0.15, 0.2) is 0 Å². The van der Waals surface area contributed by atoms with Crippen molar-refractivity contribution in [3.8, 4) is 16.9 Å². The average Bonchev–Trinajstić information content (AvgIpc) is 2.45. The first-order chi connectivity index (χ1) is 10.1. The molecule has 1 heteroatoms. The third-order valence-electron chi connectivity index (χ3n) is 4.09. The van der Waals surface area contributed by atoms with E-state index >= 15 is 0 Å². The first-order valence-electron chi connectivity index (χ1n) is 7.92. The van der Waals surface area contributed by atoms with Crippen molar-refractivity contribution < 1.29 is 4.74 Å². The fourth-order valence-corrected chi connectivity index (χ4v) is 2.44. The Kier molecular flexibility index (Phi) is 4.37. The average molecular weight is 296 g/mol. The van der Waals surface area contributed by atoms with Gasteiger partial charge in [0.25, 0.3) is 0 Å². The lowest BCUT2D eigenvalue weighted by atomic mass is 9.79. The van der Waals surface area contributed by atoms with Crippen molar-refractivity contribution in [1.82, 2.24) is 0 Å². The topological polar surface area (TPSA) is 9.23 Å². The standard InChI is InChI=1S/C21H28O/c1-20(2,3)17-12-16(13-18(14-17)21(4,5)6)15-8-10-19(22-7)11-9-15/h8-14H,1-7H3. The molecule has 0 saturated heterocycles. The van der Waals surface area contributed by atoms with E-state index in [-0.39, 0.29) is 10.8 Å². The van der Waals surface area contributed by atoms with Gasteiger partial charge < -0.3 is 4.74 Å². The zero-order valence-corrected chi connectivity index (χ0v) is 14.9. The van der Waals surface area contributed by atoms with Crippen molar-refractivity contribution >= 4 is 0 Å². The second kappa shape index (κ2) is 5.79. The second-order valence-electron chi connectivity index (χ2n) is 8.03. The summed E-state index contributed by atoms with van der Waals surface area (Å²) >= 11 is 0. The van der Waals surface area contributed by atoms with Crippen LogP contribution in [-0.4, -0.2) is 7.11 Å². The molecule has 2 rings (SSSR count). The normalized spacial score (nSPS) is 12.3. The van der Waals surface area contributed by atoms with Gasteiger partial charge in [-0.1, -0.05) is 71.9 Å². The number of ether oxygens (including phenoxy) is 1. The number of benzene rings is 2. The fourth-order valence-electron chi connectivity index (χ4n) is 2.44. The van der Waals surface area contributed by atoms with Crippen LogP contribution in [0.15, 0.2) is 42.5 Å². The Balaban J connectivity index is 2.59. The molecule has 2 aromatic rings. The van der Waals surface area contributed by atoms with Gasteiger partial charge in [-0.3, -0.25) is 0 Å². The molecule has 0 bridgehead atoms. The molecule has 0 aliphatic heterocycles. The molecule has 1 nitrogen and oxygen atoms in total. The molecule has 2 aromatic carbocycles. The first kappa shape index (κ1) is 16.6. The number of methoxy groups -OCH3 is 1. The fraction of sp³-hybridized carbons (Fsp3) is 0.429. The predicted molar refractivity (Wildman–Crippen MR) is 95.8 cm³/mol. The highest BCUT2D eigenvalue weighted by Gasteiger charge is 2.20. The second-order valence-corrected chi connectivity index (χ2v) is 8.03. The molecule has 0 amide bonds. The zero-order chi connectivity index (χ0) is 16.5. The Bertz CT molecular complexity index is 605. The van der Waals surface area contributed by atoms with Crippen LogP contribution in [0.2, 0.25) is 0 Å². The van der Waals surface area contributed by atoms with Crippen LogP contribution in [-0.2, 0) is 10.8 Å². The van der Waals surface area contributed by atoms with Gasteiger partial charge in [0, 0.05) is 0 Å². The van der Waals surface area contributed by atoms with Crippen molar-refractivity contribution in [1.29, 1.82) is 0 Å². The zero-order valence-electron chi connectivity index (χ0n) is 14.9. The maximum absolute atomic E-state index is 5.26. The summed E-state index contributed by atoms with van der Waals surface area (Å²) < 4.78 is 5.26. The number of hydrogen-bond acceptors (Lipinski definition) is 1. The molecule has 0 fully saturated rings. The summed E-state index contributed by atoms with van der Waals surface area (Å²) in [6.07, 6.45) is 0. The van der Waals surface area contributed by atoms with Gasteiger partial charge in [-0.05, 0) is 45.2 Å². The van der Waals surface area contributed by atoms with E-state index in [2.05, 4.69) is 71.9 Å². The largest absolute Gasteiger partial charge is 0.497 e. The van der Waals surface area contributed by atoms with Gasteiger partial charge in [-0.15, -0.1) is 0 Å². The summed E-state index contributed by atoms with van der Waals surface area (Å²) in [5, 5.41) is 0. The molecule has 0 unspecified atom stereocenters. The van der Waals surface area contributed by atoms with E-state index < -0.39 is 0 Å².